The van der Waals surface area contributed by atoms with E-state index in [4.69, 9.17) is 11.6 Å². The highest BCUT2D eigenvalue weighted by atomic mass is 15.4. The zero-order valence-electron chi connectivity index (χ0n) is 40.0. The van der Waals surface area contributed by atoms with Gasteiger partial charge in [0.15, 0.2) is 0 Å². The highest BCUT2D eigenvalue weighted by molar-refractivity contribution is 6.21. The maximum absolute atomic E-state index is 5.58. The Morgan fingerprint density at radius 1 is 0.734 bits per heavy atom. The quantitative estimate of drug-likeness (QED) is 0.166. The van der Waals surface area contributed by atoms with Crippen LogP contribution in [0.1, 0.15) is 146 Å². The summed E-state index contributed by atoms with van der Waals surface area (Å²) in [7, 11) is 2.24. The van der Waals surface area contributed by atoms with Gasteiger partial charge in [0.1, 0.15) is 22.8 Å². The predicted molar refractivity (Wildman–Crippen MR) is 268 cm³/mol. The lowest BCUT2D eigenvalue weighted by Gasteiger charge is -2.50. The van der Waals surface area contributed by atoms with Gasteiger partial charge in [-0.15, -0.1) is 0 Å². The Balaban J connectivity index is 1.22. The van der Waals surface area contributed by atoms with Crippen molar-refractivity contribution < 1.29 is 4.57 Å². The van der Waals surface area contributed by atoms with Crippen LogP contribution in [0.5, 0.6) is 0 Å². The molecule has 3 unspecified atom stereocenters. The molecule has 2 aliphatic heterocycles. The molecule has 5 aromatic carbocycles. The first-order valence-electron chi connectivity index (χ1n) is 24.9. The van der Waals surface area contributed by atoms with Crippen LogP contribution in [-0.2, 0) is 23.4 Å². The molecule has 3 atom stereocenters. The Bertz CT molecular complexity index is 2970. The molecular formula is C59H70N5+. The van der Waals surface area contributed by atoms with Gasteiger partial charge in [-0.1, -0.05) is 152 Å². The maximum atomic E-state index is 5.58. The summed E-state index contributed by atoms with van der Waals surface area (Å²) in [6.45, 7) is 23.0. The van der Waals surface area contributed by atoms with Gasteiger partial charge in [-0.2, -0.15) is 0 Å². The average Bonchev–Trinajstić information content (AvgIpc) is 3.61. The molecule has 0 radical (unpaired) electrons. The maximum Gasteiger partial charge on any atom is 0.289 e. The van der Waals surface area contributed by atoms with Crippen molar-refractivity contribution in [1.82, 2.24) is 19.4 Å². The van der Waals surface area contributed by atoms with Gasteiger partial charge in [-0.05, 0) is 113 Å². The fraction of sp³-hybridized carbons (Fsp3) is 0.458. The lowest BCUT2D eigenvalue weighted by molar-refractivity contribution is -0.765. The van der Waals surface area contributed by atoms with E-state index in [1.54, 1.807) is 0 Å². The summed E-state index contributed by atoms with van der Waals surface area (Å²) in [5, 5.41) is 7.79. The first kappa shape index (κ1) is 41.7. The van der Waals surface area contributed by atoms with Gasteiger partial charge in [-0.25, -0.2) is 4.57 Å². The minimum absolute atomic E-state index is 0.0475. The second-order valence-corrected chi connectivity index (χ2v) is 22.1. The number of hydrogen-bond acceptors (Lipinski definition) is 3. The van der Waals surface area contributed by atoms with Crippen LogP contribution in [0, 0.1) is 13.8 Å². The van der Waals surface area contributed by atoms with Crippen LogP contribution >= 0.6 is 0 Å². The Hall–Kier alpha value is -5.00. The van der Waals surface area contributed by atoms with Crippen molar-refractivity contribution in [3.8, 4) is 11.3 Å². The molecule has 5 nitrogen and oxygen atoms in total. The van der Waals surface area contributed by atoms with Gasteiger partial charge in [0, 0.05) is 59.5 Å². The second kappa shape index (κ2) is 15.3. The molecule has 2 saturated carbocycles. The molecule has 330 valence electrons. The molecule has 7 aromatic rings. The van der Waals surface area contributed by atoms with E-state index >= 15 is 0 Å². The number of benzene rings is 5. The summed E-state index contributed by atoms with van der Waals surface area (Å²) < 4.78 is 5.08. The van der Waals surface area contributed by atoms with Crippen LogP contribution in [0.25, 0.3) is 54.7 Å². The van der Waals surface area contributed by atoms with E-state index in [1.807, 2.05) is 0 Å². The van der Waals surface area contributed by atoms with Crippen molar-refractivity contribution in [3.63, 3.8) is 0 Å². The van der Waals surface area contributed by atoms with Crippen molar-refractivity contribution in [2.45, 2.75) is 160 Å². The van der Waals surface area contributed by atoms with Crippen LogP contribution in [0.3, 0.4) is 0 Å². The molecule has 0 N–H and O–H groups in total. The van der Waals surface area contributed by atoms with Crippen LogP contribution in [0.15, 0.2) is 104 Å². The lowest BCUT2D eigenvalue weighted by atomic mass is 9.59. The van der Waals surface area contributed by atoms with Gasteiger partial charge in [0.05, 0.1) is 5.52 Å². The van der Waals surface area contributed by atoms with E-state index in [0.29, 0.717) is 12.1 Å². The van der Waals surface area contributed by atoms with Gasteiger partial charge in [-0.3, -0.25) is 4.90 Å². The molecule has 2 aliphatic carbocycles. The number of fused-ring (bicyclic) bond motifs is 14. The highest BCUT2D eigenvalue weighted by Gasteiger charge is 2.58. The molecule has 64 heavy (non-hydrogen) atoms. The number of aryl methyl sites for hydroxylation is 3. The SMILES string of the molecule is C=C1CC2(C)[n+]3cnc4c(c3-c3c(ccc5cc(C(C)(C)C)ccc35)C2(C)CCN(C2CCCCC2)C(c2ccccc2)N1C1CCCCC1)c1ccc2cc(C)c(C)cc2c1n4C. The van der Waals surface area contributed by atoms with E-state index in [9.17, 15) is 0 Å². The summed E-state index contributed by atoms with van der Waals surface area (Å²) in [5.41, 5.74) is 12.6. The van der Waals surface area contributed by atoms with E-state index in [0.717, 1.165) is 25.0 Å². The normalized spacial score (nSPS) is 24.2. The number of allylic oxidation sites excluding steroid dienone is 1. The lowest BCUT2D eigenvalue weighted by Crippen LogP contribution is -2.68. The van der Waals surface area contributed by atoms with Crippen molar-refractivity contribution in [2.75, 3.05) is 6.54 Å². The van der Waals surface area contributed by atoms with Gasteiger partial charge < -0.3 is 9.47 Å². The molecule has 3 fully saturated rings. The summed E-state index contributed by atoms with van der Waals surface area (Å²) in [6, 6.07) is 34.5. The summed E-state index contributed by atoms with van der Waals surface area (Å²) >= 11 is 0. The fourth-order valence-corrected chi connectivity index (χ4v) is 13.5. The third kappa shape index (κ3) is 6.26. The monoisotopic (exact) mass is 849 g/mol. The number of nitrogens with zero attached hydrogens (tertiary/aromatic N) is 5. The molecular weight excluding hydrogens is 779 g/mol. The smallest absolute Gasteiger partial charge is 0.289 e. The largest absolute Gasteiger partial charge is 0.353 e. The van der Waals surface area contributed by atoms with Crippen LogP contribution in [-0.4, -0.2) is 38.0 Å². The minimum atomic E-state index is -0.379. The zero-order valence-corrected chi connectivity index (χ0v) is 40.0. The standard InChI is InChI=1S/C59H70N5/c1-38-33-42-25-28-48-52-54-51-47-29-27-44(57(4,5)6)35-43(47)26-30-50(51)58(7)31-32-62(45-21-15-11-16-22-45)56(41-19-13-10-14-20-41)64(46-23-17-12-18-24-46)40(3)36-59(58,8)63(54)37-60-55(52)61(9)53(48)49(42)34-39(38)2/h10,13-14,19-20,25-30,33-35,37,45-46,56H,3,11-12,15-18,21-24,31-32,36H2,1-2,4-9H3/q+1. The van der Waals surface area contributed by atoms with E-state index in [-0.39, 0.29) is 22.5 Å². The van der Waals surface area contributed by atoms with Crippen molar-refractivity contribution in [3.05, 3.63) is 131 Å². The first-order chi connectivity index (χ1) is 30.8. The van der Waals surface area contributed by atoms with Crippen LogP contribution in [0.4, 0.5) is 0 Å². The molecule has 11 rings (SSSR count). The second-order valence-electron chi connectivity index (χ2n) is 22.1. The number of rotatable bonds is 3. The van der Waals surface area contributed by atoms with Crippen molar-refractivity contribution >= 4 is 43.5 Å². The molecule has 0 amide bonds. The van der Waals surface area contributed by atoms with Crippen LogP contribution in [0.2, 0.25) is 0 Å². The highest BCUT2D eigenvalue weighted by Crippen LogP contribution is 2.56. The number of hydrogen-bond donors (Lipinski definition) is 0. The molecule has 2 aromatic heterocycles. The van der Waals surface area contributed by atoms with Crippen LogP contribution < -0.4 is 4.57 Å². The predicted octanol–water partition coefficient (Wildman–Crippen LogP) is 14.2. The zero-order chi connectivity index (χ0) is 44.3. The van der Waals surface area contributed by atoms with Crippen molar-refractivity contribution in [2.24, 2.45) is 7.05 Å². The van der Waals surface area contributed by atoms with Gasteiger partial charge in [0.25, 0.3) is 12.0 Å². The number of aromatic nitrogens is 3. The molecule has 0 spiro atoms. The molecule has 4 heterocycles. The van der Waals surface area contributed by atoms with E-state index in [2.05, 4.69) is 166 Å². The Morgan fingerprint density at radius 3 is 2.11 bits per heavy atom. The summed E-state index contributed by atoms with van der Waals surface area (Å²) in [4.78, 5) is 11.5. The Kier molecular flexibility index (Phi) is 9.96. The third-order valence-corrected chi connectivity index (χ3v) is 17.4. The topological polar surface area (TPSA) is 28.2 Å². The molecule has 1 saturated heterocycles. The summed E-state index contributed by atoms with van der Waals surface area (Å²) in [5.74, 6) is 0. The summed E-state index contributed by atoms with van der Waals surface area (Å²) in [6.07, 6.45) is 17.2. The van der Waals surface area contributed by atoms with Gasteiger partial charge >= 0.3 is 0 Å². The molecule has 5 heteroatoms. The van der Waals surface area contributed by atoms with E-state index in [1.165, 1.54) is 147 Å². The first-order valence-corrected chi connectivity index (χ1v) is 24.9. The Labute approximate surface area is 382 Å². The van der Waals surface area contributed by atoms with E-state index < -0.39 is 0 Å². The minimum Gasteiger partial charge on any atom is -0.353 e. The Morgan fingerprint density at radius 2 is 1.39 bits per heavy atom. The third-order valence-electron chi connectivity index (χ3n) is 17.4. The van der Waals surface area contributed by atoms with Gasteiger partial charge in [0.2, 0.25) is 0 Å². The van der Waals surface area contributed by atoms with Crippen molar-refractivity contribution in [1.29, 1.82) is 0 Å². The fourth-order valence-electron chi connectivity index (χ4n) is 13.5. The molecule has 0 bridgehead atoms. The molecule has 4 aliphatic rings. The average molecular weight is 849 g/mol.